The number of carbonyl (C=O) groups excluding carboxylic acids is 1. The van der Waals surface area contributed by atoms with Gasteiger partial charge >= 0.3 is 6.03 Å². The van der Waals surface area contributed by atoms with E-state index in [0.29, 0.717) is 11.6 Å². The first-order chi connectivity index (χ1) is 15.7. The van der Waals surface area contributed by atoms with E-state index in [1.807, 2.05) is 20.8 Å². The Hall–Kier alpha value is -4.28. The number of nitrogens with zero attached hydrogens (tertiary/aromatic N) is 5. The second-order valence-corrected chi connectivity index (χ2v) is 8.20. The number of halogens is 1. The van der Waals surface area contributed by atoms with E-state index in [0.717, 1.165) is 11.8 Å². The maximum absolute atomic E-state index is 14.6. The minimum Gasteiger partial charge on any atom is -0.440 e. The van der Waals surface area contributed by atoms with Crippen LogP contribution in [0.5, 0.6) is 11.6 Å². The van der Waals surface area contributed by atoms with Crippen LogP contribution >= 0.6 is 0 Å². The summed E-state index contributed by atoms with van der Waals surface area (Å²) in [4.78, 5) is 24.5. The molecule has 0 fully saturated rings. The van der Waals surface area contributed by atoms with Gasteiger partial charge in [-0.2, -0.15) is 10.1 Å². The molecule has 0 aliphatic carbocycles. The lowest BCUT2D eigenvalue weighted by atomic mass is 9.92. The average molecular weight is 451 g/mol. The predicted octanol–water partition coefficient (Wildman–Crippen LogP) is 4.74. The van der Waals surface area contributed by atoms with E-state index in [1.54, 1.807) is 17.8 Å². The van der Waals surface area contributed by atoms with Crippen LogP contribution in [0, 0.1) is 5.82 Å². The topological polar surface area (TPSA) is 120 Å². The summed E-state index contributed by atoms with van der Waals surface area (Å²) in [6.45, 7) is 6.07. The molecule has 11 heteroatoms. The molecule has 0 saturated heterocycles. The summed E-state index contributed by atoms with van der Waals surface area (Å²) in [6.07, 6.45) is 4.22. The van der Waals surface area contributed by atoms with Gasteiger partial charge in [0.15, 0.2) is 12.2 Å². The Bertz CT molecular complexity index is 1280. The van der Waals surface area contributed by atoms with Crippen molar-refractivity contribution < 1.29 is 18.3 Å². The van der Waals surface area contributed by atoms with Crippen LogP contribution in [-0.2, 0) is 12.5 Å². The van der Waals surface area contributed by atoms with E-state index >= 15 is 0 Å². The highest BCUT2D eigenvalue weighted by Gasteiger charge is 2.20. The summed E-state index contributed by atoms with van der Waals surface area (Å²) in [6, 6.07) is 6.76. The van der Waals surface area contributed by atoms with Crippen molar-refractivity contribution in [3.63, 3.8) is 0 Å². The molecule has 33 heavy (non-hydrogen) atoms. The van der Waals surface area contributed by atoms with Crippen molar-refractivity contribution in [3.05, 3.63) is 60.6 Å². The number of rotatable bonds is 5. The van der Waals surface area contributed by atoms with Gasteiger partial charge in [0.1, 0.15) is 17.4 Å². The summed E-state index contributed by atoms with van der Waals surface area (Å²) in [5.41, 5.74) is 0.641. The van der Waals surface area contributed by atoms with Gasteiger partial charge in [-0.3, -0.25) is 10.00 Å². The molecule has 3 aromatic heterocycles. The molecule has 0 unspecified atom stereocenters. The van der Waals surface area contributed by atoms with Crippen LogP contribution in [-0.4, -0.2) is 30.8 Å². The van der Waals surface area contributed by atoms with Crippen molar-refractivity contribution in [2.24, 2.45) is 7.05 Å². The van der Waals surface area contributed by atoms with E-state index < -0.39 is 11.8 Å². The minimum atomic E-state index is -0.674. The van der Waals surface area contributed by atoms with E-state index in [9.17, 15) is 9.18 Å². The number of nitrogens with one attached hydrogen (secondary N) is 2. The highest BCUT2D eigenvalue weighted by molar-refractivity contribution is 5.99. The third-order valence-corrected chi connectivity index (χ3v) is 4.58. The van der Waals surface area contributed by atoms with Crippen molar-refractivity contribution in [2.75, 3.05) is 10.6 Å². The number of carbonyl (C=O) groups is 1. The number of hydrogen-bond donors (Lipinski definition) is 2. The molecular weight excluding hydrogens is 429 g/mol. The van der Waals surface area contributed by atoms with Crippen molar-refractivity contribution in [1.29, 1.82) is 0 Å². The van der Waals surface area contributed by atoms with Gasteiger partial charge in [-0.05, 0) is 12.1 Å². The second-order valence-electron chi connectivity index (χ2n) is 8.20. The fraction of sp³-hybridized carbons (Fsp3) is 0.227. The predicted molar refractivity (Wildman–Crippen MR) is 119 cm³/mol. The van der Waals surface area contributed by atoms with Gasteiger partial charge in [-0.25, -0.2) is 19.2 Å². The zero-order valence-electron chi connectivity index (χ0n) is 18.5. The highest BCUT2D eigenvalue weighted by atomic mass is 19.1. The number of anilines is 2. The molecule has 4 rings (SSSR count). The number of hydrogen-bond acceptors (Lipinski definition) is 7. The van der Waals surface area contributed by atoms with Crippen molar-refractivity contribution in [1.82, 2.24) is 24.7 Å². The fourth-order valence-electron chi connectivity index (χ4n) is 2.85. The summed E-state index contributed by atoms with van der Waals surface area (Å²) in [5, 5.41) is 9.56. The number of amides is 2. The largest absolute Gasteiger partial charge is 0.440 e. The van der Waals surface area contributed by atoms with Crippen LogP contribution in [0.4, 0.5) is 20.7 Å². The molecule has 3 heterocycles. The molecule has 1 aromatic carbocycles. The third-order valence-electron chi connectivity index (χ3n) is 4.58. The maximum Gasteiger partial charge on any atom is 0.324 e. The molecule has 4 aromatic rings. The van der Waals surface area contributed by atoms with Crippen molar-refractivity contribution >= 4 is 17.5 Å². The lowest BCUT2D eigenvalue weighted by molar-refractivity contribution is 0.262. The molecule has 0 atom stereocenters. The molecule has 0 bridgehead atoms. The quantitative estimate of drug-likeness (QED) is 0.450. The molecule has 2 N–H and O–H groups in total. The van der Waals surface area contributed by atoms with Crippen LogP contribution in [0.1, 0.15) is 26.5 Å². The van der Waals surface area contributed by atoms with Gasteiger partial charge in [-0.15, -0.1) is 0 Å². The first-order valence-corrected chi connectivity index (χ1v) is 10.0. The lowest BCUT2D eigenvalue weighted by Crippen LogP contribution is -2.21. The van der Waals surface area contributed by atoms with Crippen LogP contribution < -0.4 is 15.4 Å². The summed E-state index contributed by atoms with van der Waals surface area (Å²) in [5.74, 6) is 0.865. The summed E-state index contributed by atoms with van der Waals surface area (Å²) in [7, 11) is 1.72. The highest BCUT2D eigenvalue weighted by Crippen LogP contribution is 2.27. The number of benzene rings is 1. The number of ether oxygens (including phenoxy) is 1. The number of aryl methyl sites for hydroxylation is 1. The fourth-order valence-corrected chi connectivity index (χ4v) is 2.85. The Labute approximate surface area is 188 Å². The molecule has 170 valence electrons. The second kappa shape index (κ2) is 8.69. The molecular formula is C22H22FN7O3. The normalized spacial score (nSPS) is 11.3. The Balaban J connectivity index is 1.42. The Morgan fingerprint density at radius 3 is 2.67 bits per heavy atom. The van der Waals surface area contributed by atoms with Gasteiger partial charge < -0.3 is 14.5 Å². The summed E-state index contributed by atoms with van der Waals surface area (Å²) >= 11 is 0. The van der Waals surface area contributed by atoms with Gasteiger partial charge in [0.05, 0.1) is 17.6 Å². The maximum atomic E-state index is 14.6. The first-order valence-electron chi connectivity index (χ1n) is 10.0. The number of oxazole rings is 1. The summed E-state index contributed by atoms with van der Waals surface area (Å²) < 4.78 is 26.9. The van der Waals surface area contributed by atoms with Gasteiger partial charge in [-0.1, -0.05) is 20.8 Å². The van der Waals surface area contributed by atoms with E-state index in [2.05, 4.69) is 30.7 Å². The first kappa shape index (κ1) is 21.9. The van der Waals surface area contributed by atoms with Crippen molar-refractivity contribution in [3.8, 4) is 23.2 Å². The number of aromatic nitrogens is 5. The zero-order valence-corrected chi connectivity index (χ0v) is 18.5. The van der Waals surface area contributed by atoms with Crippen molar-refractivity contribution in [2.45, 2.75) is 26.2 Å². The Kier molecular flexibility index (Phi) is 5.78. The monoisotopic (exact) mass is 451 g/mol. The Morgan fingerprint density at radius 1 is 1.18 bits per heavy atom. The van der Waals surface area contributed by atoms with Gasteiger partial charge in [0, 0.05) is 36.9 Å². The van der Waals surface area contributed by atoms with Crippen LogP contribution in [0.25, 0.3) is 11.6 Å². The molecule has 10 nitrogen and oxygen atoms in total. The average Bonchev–Trinajstić information content (AvgIpc) is 3.41. The SMILES string of the molecule is Cn1nc(C(C)(C)C)cc1NC(=O)Nc1ccc(Oc2ccnc(-c3cnco3)n2)cc1F. The standard InChI is InChI=1S/C22H22FN7O3/c1-22(2,3)17-10-18(30(4)29-17)27-21(31)26-15-6-5-13(9-14(15)23)33-19-7-8-25-20(28-19)16-11-24-12-32-16/h5-12H,1-4H3,(H2,26,27,31). The van der Waals surface area contributed by atoms with E-state index in [-0.39, 0.29) is 28.6 Å². The molecule has 0 saturated carbocycles. The minimum absolute atomic E-state index is 0.0110. The van der Waals surface area contributed by atoms with Crippen LogP contribution in [0.2, 0.25) is 0 Å². The molecule has 0 aliphatic heterocycles. The van der Waals surface area contributed by atoms with E-state index in [1.165, 1.54) is 37.0 Å². The molecule has 0 radical (unpaired) electrons. The van der Waals surface area contributed by atoms with Gasteiger partial charge in [0.2, 0.25) is 11.7 Å². The Morgan fingerprint density at radius 2 is 2.00 bits per heavy atom. The smallest absolute Gasteiger partial charge is 0.324 e. The zero-order chi connectivity index (χ0) is 23.6. The molecule has 0 aliphatic rings. The van der Waals surface area contributed by atoms with Gasteiger partial charge in [0.25, 0.3) is 0 Å². The molecule has 0 spiro atoms. The van der Waals surface area contributed by atoms with E-state index in [4.69, 9.17) is 9.15 Å². The van der Waals surface area contributed by atoms with Crippen LogP contribution in [0.3, 0.4) is 0 Å². The lowest BCUT2D eigenvalue weighted by Gasteiger charge is -2.13. The van der Waals surface area contributed by atoms with Crippen LogP contribution in [0.15, 0.2) is 53.5 Å². The third kappa shape index (κ3) is 5.14. The molecule has 2 amide bonds. The number of urea groups is 1.